The van der Waals surface area contributed by atoms with Gasteiger partial charge in [-0.2, -0.15) is 0 Å². The predicted molar refractivity (Wildman–Crippen MR) is 148 cm³/mol. The van der Waals surface area contributed by atoms with Gasteiger partial charge in [0.1, 0.15) is 12.4 Å². The Morgan fingerprint density at radius 1 is 1.11 bits per heavy atom. The standard InChI is InChI=1S/C31H34N4O2/c1-31(2,14-19-7-8-19)29-26-13-20(9-10-28(26)35-30(29)36)21-12-24(17-33-15-21)37-18-23(32)11-22-16-34-27-6-4-3-5-25(22)27/h3-6,9-10,12-13,15-17,19,23,29,34H,7-8,11,14,18,32H2,1-2H3,(H,35,36)/t23-,29?/m0/s1. The van der Waals surface area contributed by atoms with Crippen molar-refractivity contribution in [3.63, 3.8) is 0 Å². The molecule has 37 heavy (non-hydrogen) atoms. The van der Waals surface area contributed by atoms with E-state index >= 15 is 0 Å². The van der Waals surface area contributed by atoms with E-state index in [1.807, 2.05) is 42.7 Å². The third-order valence-electron chi connectivity index (χ3n) is 7.84. The summed E-state index contributed by atoms with van der Waals surface area (Å²) in [6.45, 7) is 4.85. The van der Waals surface area contributed by atoms with E-state index in [1.165, 1.54) is 23.8 Å². The number of hydrogen-bond acceptors (Lipinski definition) is 4. The largest absolute Gasteiger partial charge is 0.490 e. The van der Waals surface area contributed by atoms with E-state index < -0.39 is 0 Å². The quantitative estimate of drug-likeness (QED) is 0.264. The Bertz CT molecular complexity index is 1450. The van der Waals surface area contributed by atoms with Crippen LogP contribution in [0.2, 0.25) is 0 Å². The second kappa shape index (κ2) is 9.34. The number of H-pyrrole nitrogens is 1. The van der Waals surface area contributed by atoms with Crippen LogP contribution in [0.4, 0.5) is 5.69 Å². The monoisotopic (exact) mass is 494 g/mol. The number of nitrogens with one attached hydrogen (secondary N) is 2. The number of carbonyl (C=O) groups excluding carboxylic acids is 1. The summed E-state index contributed by atoms with van der Waals surface area (Å²) in [5.41, 5.74) is 12.6. The number of aromatic amines is 1. The van der Waals surface area contributed by atoms with Crippen molar-refractivity contribution in [2.24, 2.45) is 17.1 Å². The van der Waals surface area contributed by atoms with Gasteiger partial charge >= 0.3 is 0 Å². The van der Waals surface area contributed by atoms with Crippen molar-refractivity contribution < 1.29 is 9.53 Å². The molecule has 0 bridgehead atoms. The molecule has 190 valence electrons. The molecule has 4 aromatic rings. The van der Waals surface area contributed by atoms with Crippen LogP contribution >= 0.6 is 0 Å². The Morgan fingerprint density at radius 2 is 1.95 bits per heavy atom. The van der Waals surface area contributed by atoms with Crippen molar-refractivity contribution in [1.29, 1.82) is 0 Å². The molecule has 0 radical (unpaired) electrons. The Hall–Kier alpha value is -3.64. The van der Waals surface area contributed by atoms with Crippen LogP contribution in [0.15, 0.2) is 67.1 Å². The molecule has 4 N–H and O–H groups in total. The lowest BCUT2D eigenvalue weighted by Crippen LogP contribution is -2.30. The zero-order valence-electron chi connectivity index (χ0n) is 21.5. The summed E-state index contributed by atoms with van der Waals surface area (Å²) in [4.78, 5) is 20.7. The van der Waals surface area contributed by atoms with Crippen molar-refractivity contribution >= 4 is 22.5 Å². The first-order valence-corrected chi connectivity index (χ1v) is 13.2. The molecule has 1 fully saturated rings. The highest BCUT2D eigenvalue weighted by atomic mass is 16.5. The van der Waals surface area contributed by atoms with E-state index in [1.54, 1.807) is 6.20 Å². The fourth-order valence-corrected chi connectivity index (χ4v) is 5.90. The molecule has 0 spiro atoms. The number of amides is 1. The number of anilines is 1. The summed E-state index contributed by atoms with van der Waals surface area (Å²) in [6.07, 6.45) is 9.97. The van der Waals surface area contributed by atoms with Gasteiger partial charge in [-0.15, -0.1) is 0 Å². The third kappa shape index (κ3) is 4.86. The van der Waals surface area contributed by atoms with Crippen molar-refractivity contribution in [3.05, 3.63) is 78.2 Å². The minimum atomic E-state index is -0.144. The molecule has 6 heteroatoms. The maximum absolute atomic E-state index is 13.0. The fourth-order valence-electron chi connectivity index (χ4n) is 5.90. The van der Waals surface area contributed by atoms with Crippen LogP contribution in [-0.2, 0) is 11.2 Å². The van der Waals surface area contributed by atoms with Crippen LogP contribution in [0.3, 0.4) is 0 Å². The number of nitrogens with zero attached hydrogens (tertiary/aromatic N) is 1. The van der Waals surface area contributed by atoms with E-state index in [-0.39, 0.29) is 23.3 Å². The second-order valence-corrected chi connectivity index (χ2v) is 11.4. The molecule has 1 amide bonds. The first kappa shape index (κ1) is 23.7. The van der Waals surface area contributed by atoms with Gasteiger partial charge in [0.2, 0.25) is 5.91 Å². The number of rotatable bonds is 9. The Labute approximate surface area is 217 Å². The molecule has 0 saturated heterocycles. The second-order valence-electron chi connectivity index (χ2n) is 11.4. The first-order valence-electron chi connectivity index (χ1n) is 13.2. The van der Waals surface area contributed by atoms with Gasteiger partial charge < -0.3 is 20.8 Å². The van der Waals surface area contributed by atoms with Crippen LogP contribution in [0, 0.1) is 11.3 Å². The summed E-state index contributed by atoms with van der Waals surface area (Å²) in [7, 11) is 0. The van der Waals surface area contributed by atoms with Gasteiger partial charge in [-0.25, -0.2) is 0 Å². The van der Waals surface area contributed by atoms with Crippen molar-refractivity contribution in [1.82, 2.24) is 9.97 Å². The number of aromatic nitrogens is 2. The number of ether oxygens (including phenoxy) is 1. The van der Waals surface area contributed by atoms with Gasteiger partial charge in [-0.1, -0.05) is 51.0 Å². The van der Waals surface area contributed by atoms with E-state index in [4.69, 9.17) is 10.5 Å². The van der Waals surface area contributed by atoms with Crippen molar-refractivity contribution in [3.8, 4) is 16.9 Å². The van der Waals surface area contributed by atoms with Crippen LogP contribution in [0.5, 0.6) is 5.75 Å². The van der Waals surface area contributed by atoms with Gasteiger partial charge in [0.05, 0.1) is 12.1 Å². The van der Waals surface area contributed by atoms with Gasteiger partial charge in [-0.05, 0) is 65.1 Å². The van der Waals surface area contributed by atoms with Crippen LogP contribution in [-0.4, -0.2) is 28.5 Å². The highest BCUT2D eigenvalue weighted by molar-refractivity contribution is 6.04. The molecule has 2 aromatic carbocycles. The zero-order chi connectivity index (χ0) is 25.6. The van der Waals surface area contributed by atoms with Crippen molar-refractivity contribution in [2.75, 3.05) is 11.9 Å². The Balaban J connectivity index is 1.16. The maximum Gasteiger partial charge on any atom is 0.232 e. The van der Waals surface area contributed by atoms with Crippen molar-refractivity contribution in [2.45, 2.75) is 51.5 Å². The summed E-state index contributed by atoms with van der Waals surface area (Å²) in [5.74, 6) is 1.41. The molecule has 2 aliphatic rings. The summed E-state index contributed by atoms with van der Waals surface area (Å²) < 4.78 is 6.06. The number of carbonyl (C=O) groups is 1. The number of pyridine rings is 1. The lowest BCUT2D eigenvalue weighted by Gasteiger charge is -2.30. The lowest BCUT2D eigenvalue weighted by atomic mass is 9.72. The molecule has 1 aliphatic carbocycles. The minimum absolute atomic E-state index is 0.0841. The molecule has 1 saturated carbocycles. The molecule has 1 aliphatic heterocycles. The van der Waals surface area contributed by atoms with Crippen LogP contribution in [0.1, 0.15) is 50.2 Å². The number of fused-ring (bicyclic) bond motifs is 2. The lowest BCUT2D eigenvalue weighted by molar-refractivity contribution is -0.119. The zero-order valence-corrected chi connectivity index (χ0v) is 21.5. The van der Waals surface area contributed by atoms with Gasteiger partial charge in [0.25, 0.3) is 0 Å². The number of hydrogen-bond donors (Lipinski definition) is 3. The average Bonchev–Trinajstić information content (AvgIpc) is 3.49. The third-order valence-corrected chi connectivity index (χ3v) is 7.84. The van der Waals surface area contributed by atoms with Crippen LogP contribution in [0.25, 0.3) is 22.0 Å². The Morgan fingerprint density at radius 3 is 2.78 bits per heavy atom. The predicted octanol–water partition coefficient (Wildman–Crippen LogP) is 6.04. The SMILES string of the molecule is CC(C)(CC1CC1)C1C(=O)Nc2ccc(-c3cncc(OC[C@@H](N)Cc4c[nH]c5ccccc45)c3)cc21. The number of nitrogens with two attached hydrogens (primary N) is 1. The average molecular weight is 495 g/mol. The van der Waals surface area contributed by atoms with Gasteiger partial charge in [0, 0.05) is 40.6 Å². The van der Waals surface area contributed by atoms with E-state index in [2.05, 4.69) is 47.3 Å². The highest BCUT2D eigenvalue weighted by Gasteiger charge is 2.44. The molecular weight excluding hydrogens is 460 g/mol. The maximum atomic E-state index is 13.0. The highest BCUT2D eigenvalue weighted by Crippen LogP contribution is 2.51. The Kier molecular flexibility index (Phi) is 6.00. The normalized spacial score (nSPS) is 18.0. The minimum Gasteiger partial charge on any atom is -0.490 e. The first-order chi connectivity index (χ1) is 17.9. The summed E-state index contributed by atoms with van der Waals surface area (Å²) in [5, 5.41) is 4.30. The molecule has 6 rings (SSSR count). The topological polar surface area (TPSA) is 93.0 Å². The van der Waals surface area contributed by atoms with Crippen LogP contribution < -0.4 is 15.8 Å². The molecule has 1 unspecified atom stereocenters. The van der Waals surface area contributed by atoms with Gasteiger partial charge in [-0.3, -0.25) is 9.78 Å². The fraction of sp³-hybridized carbons (Fsp3) is 0.355. The molecule has 2 atom stereocenters. The summed E-state index contributed by atoms with van der Waals surface area (Å²) in [6, 6.07) is 16.3. The van der Waals surface area contributed by atoms with E-state index in [0.717, 1.165) is 46.7 Å². The number of benzene rings is 2. The smallest absolute Gasteiger partial charge is 0.232 e. The summed E-state index contributed by atoms with van der Waals surface area (Å²) >= 11 is 0. The van der Waals surface area contributed by atoms with Gasteiger partial charge in [0.15, 0.2) is 0 Å². The molecule has 2 aromatic heterocycles. The molecule has 3 heterocycles. The van der Waals surface area contributed by atoms with E-state index in [9.17, 15) is 4.79 Å². The molecular formula is C31H34N4O2. The number of para-hydroxylation sites is 1. The van der Waals surface area contributed by atoms with E-state index in [0.29, 0.717) is 12.4 Å². The molecule has 6 nitrogen and oxygen atoms in total.